The lowest BCUT2D eigenvalue weighted by Crippen LogP contribution is -2.35. The monoisotopic (exact) mass is 281 g/mol. The van der Waals surface area contributed by atoms with E-state index in [4.69, 9.17) is 18.0 Å². The number of anilines is 1. The molecule has 0 saturated heterocycles. The van der Waals surface area contributed by atoms with Gasteiger partial charge in [0.2, 0.25) is 0 Å². The summed E-state index contributed by atoms with van der Waals surface area (Å²) in [5.41, 5.74) is 7.61. The van der Waals surface area contributed by atoms with E-state index < -0.39 is 0 Å². The van der Waals surface area contributed by atoms with E-state index in [2.05, 4.69) is 16.6 Å². The molecule has 2 rings (SSSR count). The first-order valence-electron chi connectivity index (χ1n) is 6.25. The average molecular weight is 281 g/mol. The Morgan fingerprint density at radius 2 is 2.28 bits per heavy atom. The fourth-order valence-corrected chi connectivity index (χ4v) is 3.58. The predicted octanol–water partition coefficient (Wildman–Crippen LogP) is 2.80. The van der Waals surface area contributed by atoms with Crippen molar-refractivity contribution >= 4 is 34.7 Å². The van der Waals surface area contributed by atoms with Crippen LogP contribution in [0.3, 0.4) is 0 Å². The van der Waals surface area contributed by atoms with Gasteiger partial charge < -0.3 is 11.1 Å². The van der Waals surface area contributed by atoms with E-state index in [9.17, 15) is 0 Å². The van der Waals surface area contributed by atoms with E-state index in [-0.39, 0.29) is 0 Å². The van der Waals surface area contributed by atoms with E-state index in [0.717, 1.165) is 11.3 Å². The number of hydrogen-bond donors (Lipinski definition) is 2. The zero-order valence-electron chi connectivity index (χ0n) is 10.6. The molecule has 0 aliphatic heterocycles. The van der Waals surface area contributed by atoms with E-state index in [1.54, 1.807) is 6.20 Å². The molecule has 2 unspecified atom stereocenters. The van der Waals surface area contributed by atoms with Gasteiger partial charge in [-0.25, -0.2) is 0 Å². The number of nitrogens with zero attached hydrogens (tertiary/aromatic N) is 1. The summed E-state index contributed by atoms with van der Waals surface area (Å²) in [4.78, 5) is 4.59. The van der Waals surface area contributed by atoms with Crippen LogP contribution in [0.1, 0.15) is 31.2 Å². The third-order valence-corrected chi connectivity index (χ3v) is 4.82. The summed E-state index contributed by atoms with van der Waals surface area (Å²) < 4.78 is 0. The van der Waals surface area contributed by atoms with Crippen LogP contribution in [-0.2, 0) is 0 Å². The molecule has 0 bridgehead atoms. The highest BCUT2D eigenvalue weighted by atomic mass is 32.2. The van der Waals surface area contributed by atoms with E-state index >= 15 is 0 Å². The molecule has 1 fully saturated rings. The Kier molecular flexibility index (Phi) is 4.83. The predicted molar refractivity (Wildman–Crippen MR) is 83.3 cm³/mol. The van der Waals surface area contributed by atoms with E-state index in [1.165, 1.54) is 25.7 Å². The summed E-state index contributed by atoms with van der Waals surface area (Å²) in [6.07, 6.45) is 10.8. The Morgan fingerprint density at radius 3 is 3.00 bits per heavy atom. The molecule has 2 atom stereocenters. The Labute approximate surface area is 118 Å². The van der Waals surface area contributed by atoms with Crippen molar-refractivity contribution < 1.29 is 0 Å². The number of thiocarbonyl (C=S) groups is 1. The van der Waals surface area contributed by atoms with Crippen LogP contribution in [0, 0.1) is 0 Å². The summed E-state index contributed by atoms with van der Waals surface area (Å²) in [6.45, 7) is 0. The molecule has 1 saturated carbocycles. The van der Waals surface area contributed by atoms with Gasteiger partial charge in [0.15, 0.2) is 0 Å². The molecule has 0 radical (unpaired) electrons. The molecule has 1 aliphatic rings. The number of rotatable bonds is 4. The van der Waals surface area contributed by atoms with Crippen LogP contribution in [0.4, 0.5) is 5.69 Å². The maximum Gasteiger partial charge on any atom is 0.106 e. The van der Waals surface area contributed by atoms with Crippen molar-refractivity contribution in [2.45, 2.75) is 37.0 Å². The number of nitrogens with one attached hydrogen (secondary N) is 1. The topological polar surface area (TPSA) is 50.9 Å². The smallest absolute Gasteiger partial charge is 0.106 e. The third kappa shape index (κ3) is 3.14. The van der Waals surface area contributed by atoms with E-state index in [1.807, 2.05) is 24.0 Å². The third-order valence-electron chi connectivity index (χ3n) is 3.43. The molecular formula is C13H19N3S2. The standard InChI is InChI=1S/C13H19N3S2/c1-18-12-5-3-2-4-10(12)16-11-8-15-7-6-9(11)13(14)17/h6-8,10,12,16H,2-5H2,1H3,(H2,14,17). The first-order chi connectivity index (χ1) is 8.72. The molecule has 1 aromatic heterocycles. The number of thioether (sulfide) groups is 1. The van der Waals surface area contributed by atoms with Crippen molar-refractivity contribution in [1.82, 2.24) is 4.98 Å². The molecule has 98 valence electrons. The fraction of sp³-hybridized carbons (Fsp3) is 0.538. The van der Waals surface area contributed by atoms with Crippen LogP contribution in [0.5, 0.6) is 0 Å². The van der Waals surface area contributed by atoms with Gasteiger partial charge in [-0.2, -0.15) is 11.8 Å². The molecule has 3 N–H and O–H groups in total. The van der Waals surface area contributed by atoms with Crippen LogP contribution in [-0.4, -0.2) is 27.5 Å². The van der Waals surface area contributed by atoms with E-state index in [0.29, 0.717) is 16.3 Å². The van der Waals surface area contributed by atoms with Gasteiger partial charge in [0.1, 0.15) is 4.99 Å². The number of nitrogens with two attached hydrogens (primary N) is 1. The van der Waals surface area contributed by atoms with Crippen LogP contribution in [0.2, 0.25) is 0 Å². The second-order valence-corrected chi connectivity index (χ2v) is 6.11. The summed E-state index contributed by atoms with van der Waals surface area (Å²) in [7, 11) is 0. The van der Waals surface area contributed by atoms with Crippen LogP contribution < -0.4 is 11.1 Å². The highest BCUT2D eigenvalue weighted by Gasteiger charge is 2.24. The minimum absolute atomic E-state index is 0.427. The van der Waals surface area contributed by atoms with Gasteiger partial charge in [0, 0.05) is 23.1 Å². The maximum atomic E-state index is 5.75. The minimum Gasteiger partial charge on any atom is -0.389 e. The highest BCUT2D eigenvalue weighted by molar-refractivity contribution is 7.99. The molecule has 1 aromatic rings. The zero-order chi connectivity index (χ0) is 13.0. The second-order valence-electron chi connectivity index (χ2n) is 4.59. The SMILES string of the molecule is CSC1CCCCC1Nc1cnccc1C(N)=S. The van der Waals surface area contributed by atoms with Crippen molar-refractivity contribution in [3.63, 3.8) is 0 Å². The number of pyridine rings is 1. The molecule has 1 heterocycles. The lowest BCUT2D eigenvalue weighted by molar-refractivity contribution is 0.475. The quantitative estimate of drug-likeness (QED) is 0.831. The van der Waals surface area contributed by atoms with Crippen molar-refractivity contribution in [1.29, 1.82) is 0 Å². The summed E-state index contributed by atoms with van der Waals surface area (Å²) >= 11 is 7.02. The molecule has 3 nitrogen and oxygen atoms in total. The highest BCUT2D eigenvalue weighted by Crippen LogP contribution is 2.30. The molecule has 0 spiro atoms. The lowest BCUT2D eigenvalue weighted by Gasteiger charge is -2.32. The van der Waals surface area contributed by atoms with Crippen molar-refractivity contribution in [2.24, 2.45) is 5.73 Å². The minimum atomic E-state index is 0.427. The van der Waals surface area contributed by atoms with Crippen molar-refractivity contribution in [2.75, 3.05) is 11.6 Å². The van der Waals surface area contributed by atoms with Crippen molar-refractivity contribution in [3.8, 4) is 0 Å². The largest absolute Gasteiger partial charge is 0.389 e. The van der Waals surface area contributed by atoms with Gasteiger partial charge in [-0.15, -0.1) is 0 Å². The second kappa shape index (κ2) is 6.38. The fourth-order valence-electron chi connectivity index (χ4n) is 2.47. The Bertz CT molecular complexity index is 422. The number of aromatic nitrogens is 1. The van der Waals surface area contributed by atoms with Gasteiger partial charge in [-0.05, 0) is 25.2 Å². The number of hydrogen-bond acceptors (Lipinski definition) is 4. The van der Waals surface area contributed by atoms with Crippen LogP contribution in [0.25, 0.3) is 0 Å². The van der Waals surface area contributed by atoms with Gasteiger partial charge in [-0.1, -0.05) is 25.1 Å². The Morgan fingerprint density at radius 1 is 1.50 bits per heavy atom. The van der Waals surface area contributed by atoms with Crippen LogP contribution >= 0.6 is 24.0 Å². The molecule has 18 heavy (non-hydrogen) atoms. The molecular weight excluding hydrogens is 262 g/mol. The van der Waals surface area contributed by atoms with Gasteiger partial charge >= 0.3 is 0 Å². The zero-order valence-corrected chi connectivity index (χ0v) is 12.2. The molecule has 1 aliphatic carbocycles. The van der Waals surface area contributed by atoms with Crippen molar-refractivity contribution in [3.05, 3.63) is 24.0 Å². The molecule has 5 heteroatoms. The lowest BCUT2D eigenvalue weighted by atomic mass is 9.94. The first kappa shape index (κ1) is 13.6. The average Bonchev–Trinajstić information content (AvgIpc) is 2.40. The summed E-state index contributed by atoms with van der Waals surface area (Å²) in [5, 5.41) is 4.25. The van der Waals surface area contributed by atoms with Gasteiger partial charge in [-0.3, -0.25) is 4.98 Å². The first-order valence-corrected chi connectivity index (χ1v) is 7.95. The summed E-state index contributed by atoms with van der Waals surface area (Å²) in [6, 6.07) is 2.37. The van der Waals surface area contributed by atoms with Gasteiger partial charge in [0.05, 0.1) is 11.9 Å². The molecule has 0 aromatic carbocycles. The molecule has 0 amide bonds. The van der Waals surface area contributed by atoms with Crippen LogP contribution in [0.15, 0.2) is 18.5 Å². The van der Waals surface area contributed by atoms with Gasteiger partial charge in [0.25, 0.3) is 0 Å². The normalized spacial score (nSPS) is 23.6. The Balaban J connectivity index is 2.15. The summed E-state index contributed by atoms with van der Waals surface area (Å²) in [5.74, 6) is 0. The Hall–Kier alpha value is -0.810. The maximum absolute atomic E-state index is 5.75.